The Hall–Kier alpha value is -1.60. The summed E-state index contributed by atoms with van der Waals surface area (Å²) < 4.78 is 5.46. The fraction of sp³-hybridized carbons (Fsp3) is 0.400. The van der Waals surface area contributed by atoms with Crippen LogP contribution in [0.15, 0.2) is 22.5 Å². The number of rotatable bonds is 6. The summed E-state index contributed by atoms with van der Waals surface area (Å²) in [7, 11) is 1.39. The summed E-state index contributed by atoms with van der Waals surface area (Å²) in [4.78, 5) is 11.4. The molecule has 2 rings (SSSR count). The highest BCUT2D eigenvalue weighted by Gasteiger charge is 2.17. The van der Waals surface area contributed by atoms with Gasteiger partial charge in [-0.2, -0.15) is 0 Å². The Labute approximate surface area is 138 Å². The van der Waals surface area contributed by atoms with Crippen molar-refractivity contribution in [2.75, 3.05) is 12.4 Å². The van der Waals surface area contributed by atoms with Crippen molar-refractivity contribution >= 4 is 39.9 Å². The summed E-state index contributed by atoms with van der Waals surface area (Å²) >= 11 is 2.79. The standard InChI is InChI=1S/C15H19N3O2S2/c1-5-11-8-6-7-9(2)12(11)16-14-17-18-15(22-14)21-10(3)13(19)20-4/h6-8,10H,5H2,1-4H3,(H,16,17). The van der Waals surface area contributed by atoms with Gasteiger partial charge in [-0.3, -0.25) is 4.79 Å². The van der Waals surface area contributed by atoms with Gasteiger partial charge in [-0.05, 0) is 31.4 Å². The van der Waals surface area contributed by atoms with Crippen molar-refractivity contribution in [3.8, 4) is 0 Å². The Balaban J connectivity index is 2.11. The van der Waals surface area contributed by atoms with Crippen LogP contribution in [0, 0.1) is 6.92 Å². The van der Waals surface area contributed by atoms with Gasteiger partial charge in [0.15, 0.2) is 4.34 Å². The van der Waals surface area contributed by atoms with Crippen LogP contribution in [0.2, 0.25) is 0 Å². The van der Waals surface area contributed by atoms with Gasteiger partial charge in [0.1, 0.15) is 5.25 Å². The minimum Gasteiger partial charge on any atom is -0.468 e. The third kappa shape index (κ3) is 3.98. The molecule has 5 nitrogen and oxygen atoms in total. The maximum absolute atomic E-state index is 11.4. The molecule has 1 aromatic heterocycles. The Morgan fingerprint density at radius 2 is 2.23 bits per heavy atom. The first-order chi connectivity index (χ1) is 10.5. The first-order valence-corrected chi connectivity index (χ1v) is 8.68. The molecule has 1 atom stereocenters. The van der Waals surface area contributed by atoms with E-state index in [1.807, 2.05) is 0 Å². The fourth-order valence-corrected chi connectivity index (χ4v) is 3.91. The quantitative estimate of drug-likeness (QED) is 0.639. The highest BCUT2D eigenvalue weighted by atomic mass is 32.2. The van der Waals surface area contributed by atoms with Crippen LogP contribution in [0.1, 0.15) is 25.0 Å². The monoisotopic (exact) mass is 337 g/mol. The molecule has 1 aromatic carbocycles. The van der Waals surface area contributed by atoms with Crippen molar-refractivity contribution in [3.05, 3.63) is 29.3 Å². The molecule has 7 heteroatoms. The number of anilines is 2. The number of methoxy groups -OCH3 is 1. The van der Waals surface area contributed by atoms with Crippen LogP contribution >= 0.6 is 23.1 Å². The van der Waals surface area contributed by atoms with E-state index in [0.29, 0.717) is 0 Å². The summed E-state index contributed by atoms with van der Waals surface area (Å²) in [6, 6.07) is 6.22. The van der Waals surface area contributed by atoms with Crippen LogP contribution in [0.3, 0.4) is 0 Å². The second-order valence-corrected chi connectivity index (χ2v) is 7.31. The van der Waals surface area contributed by atoms with E-state index < -0.39 is 0 Å². The number of aryl methyl sites for hydroxylation is 2. The SMILES string of the molecule is CCc1cccc(C)c1Nc1nnc(SC(C)C(=O)OC)s1. The molecule has 22 heavy (non-hydrogen) atoms. The third-order valence-corrected chi connectivity index (χ3v) is 5.19. The number of carbonyl (C=O) groups excluding carboxylic acids is 1. The van der Waals surface area contributed by atoms with Gasteiger partial charge in [0.05, 0.1) is 7.11 Å². The largest absolute Gasteiger partial charge is 0.468 e. The summed E-state index contributed by atoms with van der Waals surface area (Å²) in [5.74, 6) is -0.262. The third-order valence-electron chi connectivity index (χ3n) is 3.19. The number of aromatic nitrogens is 2. The van der Waals surface area contributed by atoms with Crippen molar-refractivity contribution in [1.82, 2.24) is 10.2 Å². The minimum absolute atomic E-state index is 0.262. The Morgan fingerprint density at radius 1 is 1.45 bits per heavy atom. The van der Waals surface area contributed by atoms with Gasteiger partial charge in [0, 0.05) is 5.69 Å². The molecule has 0 saturated carbocycles. The molecule has 1 unspecified atom stereocenters. The Morgan fingerprint density at radius 3 is 2.91 bits per heavy atom. The minimum atomic E-state index is -0.296. The first kappa shape index (κ1) is 16.8. The summed E-state index contributed by atoms with van der Waals surface area (Å²) in [6.45, 7) is 5.98. The number of nitrogens with zero attached hydrogens (tertiary/aromatic N) is 2. The van der Waals surface area contributed by atoms with Crippen LogP contribution in [-0.4, -0.2) is 28.5 Å². The molecule has 0 saturated heterocycles. The molecule has 0 bridgehead atoms. The van der Waals surface area contributed by atoms with E-state index in [2.05, 4.69) is 47.6 Å². The van der Waals surface area contributed by atoms with Crippen molar-refractivity contribution in [2.45, 2.75) is 36.8 Å². The molecule has 0 radical (unpaired) electrons. The molecular formula is C15H19N3O2S2. The zero-order valence-corrected chi connectivity index (χ0v) is 14.7. The first-order valence-electron chi connectivity index (χ1n) is 6.98. The van der Waals surface area contributed by atoms with Crippen molar-refractivity contribution in [3.63, 3.8) is 0 Å². The lowest BCUT2D eigenvalue weighted by molar-refractivity contribution is -0.139. The van der Waals surface area contributed by atoms with E-state index in [4.69, 9.17) is 4.74 Å². The average molecular weight is 337 g/mol. The number of benzene rings is 1. The van der Waals surface area contributed by atoms with Crippen molar-refractivity contribution in [2.24, 2.45) is 0 Å². The number of hydrogen-bond acceptors (Lipinski definition) is 7. The van der Waals surface area contributed by atoms with Crippen molar-refractivity contribution < 1.29 is 9.53 Å². The number of carbonyl (C=O) groups is 1. The van der Waals surface area contributed by atoms with Crippen LogP contribution in [0.4, 0.5) is 10.8 Å². The van der Waals surface area contributed by atoms with Gasteiger partial charge in [-0.15, -0.1) is 10.2 Å². The lowest BCUT2D eigenvalue weighted by Gasteiger charge is -2.11. The van der Waals surface area contributed by atoms with Crippen LogP contribution in [-0.2, 0) is 16.0 Å². The Bertz CT molecular complexity index is 658. The van der Waals surface area contributed by atoms with Crippen LogP contribution in [0.5, 0.6) is 0 Å². The molecule has 0 amide bonds. The predicted molar refractivity (Wildman–Crippen MR) is 91.1 cm³/mol. The van der Waals surface area contributed by atoms with E-state index in [9.17, 15) is 4.79 Å². The second-order valence-electron chi connectivity index (χ2n) is 4.74. The molecule has 1 N–H and O–H groups in total. The van der Waals surface area contributed by atoms with Crippen LogP contribution < -0.4 is 5.32 Å². The number of para-hydroxylation sites is 1. The van der Waals surface area contributed by atoms with Gasteiger partial charge in [0.25, 0.3) is 0 Å². The summed E-state index contributed by atoms with van der Waals surface area (Å²) in [6.07, 6.45) is 0.948. The molecule has 0 aliphatic rings. The second kappa shape index (κ2) is 7.60. The molecule has 0 spiro atoms. The van der Waals surface area contributed by atoms with E-state index >= 15 is 0 Å². The zero-order chi connectivity index (χ0) is 16.1. The highest BCUT2D eigenvalue weighted by molar-refractivity contribution is 8.02. The summed E-state index contributed by atoms with van der Waals surface area (Å²) in [5, 5.41) is 12.0. The molecule has 0 aliphatic carbocycles. The molecule has 0 fully saturated rings. The molecule has 118 valence electrons. The summed E-state index contributed by atoms with van der Waals surface area (Å²) in [5.41, 5.74) is 3.50. The molecule has 0 aliphatic heterocycles. The smallest absolute Gasteiger partial charge is 0.318 e. The maximum atomic E-state index is 11.4. The van der Waals surface area contributed by atoms with Gasteiger partial charge >= 0.3 is 5.97 Å². The van der Waals surface area contributed by atoms with E-state index in [1.54, 1.807) is 6.92 Å². The number of thioether (sulfide) groups is 1. The average Bonchev–Trinajstić information content (AvgIpc) is 2.95. The van der Waals surface area contributed by atoms with E-state index in [1.165, 1.54) is 41.3 Å². The van der Waals surface area contributed by atoms with E-state index in [-0.39, 0.29) is 11.2 Å². The molecular weight excluding hydrogens is 318 g/mol. The highest BCUT2D eigenvalue weighted by Crippen LogP contribution is 2.32. The van der Waals surface area contributed by atoms with Gasteiger partial charge in [-0.25, -0.2) is 0 Å². The Kier molecular flexibility index (Phi) is 5.79. The van der Waals surface area contributed by atoms with Gasteiger partial charge in [-0.1, -0.05) is 48.2 Å². The number of esters is 1. The van der Waals surface area contributed by atoms with Crippen molar-refractivity contribution in [1.29, 1.82) is 0 Å². The topological polar surface area (TPSA) is 64.1 Å². The van der Waals surface area contributed by atoms with Gasteiger partial charge in [0.2, 0.25) is 5.13 Å². The lowest BCUT2D eigenvalue weighted by atomic mass is 10.1. The maximum Gasteiger partial charge on any atom is 0.318 e. The van der Waals surface area contributed by atoms with Crippen LogP contribution in [0.25, 0.3) is 0 Å². The number of ether oxygens (including phenoxy) is 1. The van der Waals surface area contributed by atoms with E-state index in [0.717, 1.165) is 21.6 Å². The number of nitrogens with one attached hydrogen (secondary N) is 1. The van der Waals surface area contributed by atoms with Gasteiger partial charge < -0.3 is 10.1 Å². The predicted octanol–water partition coefficient (Wildman–Crippen LogP) is 3.81. The molecule has 1 heterocycles. The lowest BCUT2D eigenvalue weighted by Crippen LogP contribution is -2.14. The normalized spacial score (nSPS) is 12.0. The molecule has 2 aromatic rings. The number of hydrogen-bond donors (Lipinski definition) is 1. The fourth-order valence-electron chi connectivity index (χ4n) is 1.98. The zero-order valence-electron chi connectivity index (χ0n) is 13.0.